The number of Topliss-reactive ketones (excluding diaryl/α,β-unsaturated/α-hetero) is 4. The van der Waals surface area contributed by atoms with Gasteiger partial charge in [0, 0.05) is 31.2 Å². The van der Waals surface area contributed by atoms with Gasteiger partial charge >= 0.3 is 12.1 Å². The highest BCUT2D eigenvalue weighted by Gasteiger charge is 2.69. The Balaban J connectivity index is 1.41. The molecule has 2 aromatic rings. The SMILES string of the molecule is Cc1cccc(C)c1C(=O)OCOC(=O)N(CC(=O)Nc1cc(N(C)C)c2c(c1O)C(=O)C1C(=O)[C@]3(O)C(=O)C(C(N)=O)C(=O)[C@@H](N(C)C)[C@@H]3C[C@@H]1C2)C(C)(C)C. The molecule has 3 amide bonds. The number of carbonyl (C=O) groups is 8. The standard InChI is InChI=1S/C40H49N5O12/c1-18-11-10-12-19(2)26(18)37(53)56-17-57-38(54)45(39(3,4)5)16-25(46)42-23-15-24(43(6)7)21-13-20-14-22-30(44(8)9)33(49)29(36(41)52)35(51)40(22,55)34(50)27(20)32(48)28(21)31(23)47/h10-12,15,20,22,27,29-30,47,55H,13-14,16-17H2,1-9H3,(H2,41,52)(H,42,46)/t20-,22-,27?,29?,30-,40-/m0/s1. The van der Waals surface area contributed by atoms with Crippen molar-refractivity contribution in [2.24, 2.45) is 29.4 Å². The number of amides is 3. The lowest BCUT2D eigenvalue weighted by atomic mass is 9.52. The molecule has 0 aliphatic heterocycles. The third kappa shape index (κ3) is 7.36. The van der Waals surface area contributed by atoms with Gasteiger partial charge in [0.05, 0.1) is 28.8 Å². The molecule has 0 saturated heterocycles. The fourth-order valence-electron chi connectivity index (χ4n) is 8.48. The van der Waals surface area contributed by atoms with Crippen LogP contribution in [-0.4, -0.2) is 126 Å². The summed E-state index contributed by atoms with van der Waals surface area (Å²) in [5, 5.41) is 26.0. The zero-order chi connectivity index (χ0) is 42.6. The van der Waals surface area contributed by atoms with E-state index >= 15 is 0 Å². The number of primary amides is 1. The number of aryl methyl sites for hydroxylation is 2. The lowest BCUT2D eigenvalue weighted by Gasteiger charge is -2.52. The minimum atomic E-state index is -2.90. The van der Waals surface area contributed by atoms with Crippen molar-refractivity contribution in [1.82, 2.24) is 9.80 Å². The molecular weight excluding hydrogens is 742 g/mol. The van der Waals surface area contributed by atoms with Crippen LogP contribution in [0.5, 0.6) is 5.75 Å². The van der Waals surface area contributed by atoms with Crippen molar-refractivity contribution in [3.63, 3.8) is 0 Å². The lowest BCUT2D eigenvalue weighted by Crippen LogP contribution is -2.74. The van der Waals surface area contributed by atoms with Crippen LogP contribution in [0.25, 0.3) is 0 Å². The van der Waals surface area contributed by atoms with Gasteiger partial charge in [-0.15, -0.1) is 0 Å². The molecule has 6 atom stereocenters. The first-order valence-electron chi connectivity index (χ1n) is 18.3. The number of benzene rings is 2. The summed E-state index contributed by atoms with van der Waals surface area (Å²) in [6, 6.07) is 5.46. The maximum Gasteiger partial charge on any atom is 0.413 e. The zero-order valence-corrected chi connectivity index (χ0v) is 33.4. The molecule has 17 heteroatoms. The van der Waals surface area contributed by atoms with E-state index in [4.69, 9.17) is 15.2 Å². The minimum absolute atomic E-state index is 0.0127. The van der Waals surface area contributed by atoms with E-state index in [2.05, 4.69) is 5.32 Å². The quantitative estimate of drug-likeness (QED) is 0.122. The van der Waals surface area contributed by atoms with Crippen molar-refractivity contribution in [3.05, 3.63) is 52.1 Å². The molecule has 0 radical (unpaired) electrons. The molecule has 0 aromatic heterocycles. The molecular formula is C40H49N5O12. The van der Waals surface area contributed by atoms with Crippen molar-refractivity contribution in [2.45, 2.75) is 64.6 Å². The lowest BCUT2D eigenvalue weighted by molar-refractivity contribution is -0.181. The summed E-state index contributed by atoms with van der Waals surface area (Å²) in [4.78, 5) is 112. The molecule has 2 aromatic carbocycles. The summed E-state index contributed by atoms with van der Waals surface area (Å²) in [6.45, 7) is 7.04. The van der Waals surface area contributed by atoms with Gasteiger partial charge in [0.2, 0.25) is 18.6 Å². The average Bonchev–Trinajstić information content (AvgIpc) is 3.08. The number of ketones is 4. The van der Waals surface area contributed by atoms with E-state index in [0.717, 1.165) is 4.90 Å². The summed E-state index contributed by atoms with van der Waals surface area (Å²) in [5.41, 5.74) is 3.36. The topological polar surface area (TPSA) is 243 Å². The molecule has 306 valence electrons. The van der Waals surface area contributed by atoms with Gasteiger partial charge in [0.15, 0.2) is 34.7 Å². The Hall–Kier alpha value is -5.68. The molecule has 5 N–H and O–H groups in total. The molecule has 3 aliphatic rings. The van der Waals surface area contributed by atoms with Crippen LogP contribution in [-0.2, 0) is 39.9 Å². The molecule has 2 fully saturated rings. The van der Waals surface area contributed by atoms with Crippen LogP contribution in [0.1, 0.15) is 64.6 Å². The van der Waals surface area contributed by atoms with Crippen LogP contribution in [0.4, 0.5) is 16.2 Å². The summed E-state index contributed by atoms with van der Waals surface area (Å²) in [7, 11) is 6.33. The molecule has 2 saturated carbocycles. The van der Waals surface area contributed by atoms with Crippen molar-refractivity contribution in [1.29, 1.82) is 0 Å². The first-order valence-corrected chi connectivity index (χ1v) is 18.3. The number of nitrogens with one attached hydrogen (secondary N) is 1. The maximum absolute atomic E-state index is 14.4. The third-order valence-electron chi connectivity index (χ3n) is 11.2. The summed E-state index contributed by atoms with van der Waals surface area (Å²) in [6.07, 6.45) is -1.10. The number of aromatic hydroxyl groups is 1. The number of nitrogens with two attached hydrogens (primary N) is 1. The van der Waals surface area contributed by atoms with Crippen molar-refractivity contribution in [2.75, 3.05) is 51.7 Å². The molecule has 17 nitrogen and oxygen atoms in total. The van der Waals surface area contributed by atoms with Crippen molar-refractivity contribution >= 4 is 58.4 Å². The number of nitrogens with zero attached hydrogens (tertiary/aromatic N) is 3. The molecule has 3 aliphatic carbocycles. The second-order valence-corrected chi connectivity index (χ2v) is 16.4. The number of likely N-dealkylation sites (N-methyl/N-ethyl adjacent to an activating group) is 1. The second kappa shape index (κ2) is 15.3. The number of phenols is 1. The number of hydrogen-bond donors (Lipinski definition) is 4. The molecule has 0 bridgehead atoms. The highest BCUT2D eigenvalue weighted by atomic mass is 16.7. The van der Waals surface area contributed by atoms with Crippen LogP contribution in [0.15, 0.2) is 24.3 Å². The van der Waals surface area contributed by atoms with E-state index in [9.17, 15) is 48.6 Å². The first kappa shape index (κ1) is 42.5. The van der Waals surface area contributed by atoms with Gasteiger partial charge in [-0.2, -0.15) is 0 Å². The highest BCUT2D eigenvalue weighted by Crippen LogP contribution is 2.52. The monoisotopic (exact) mass is 791 g/mol. The largest absolute Gasteiger partial charge is 0.505 e. The van der Waals surface area contributed by atoms with Gasteiger partial charge in [0.25, 0.3) is 0 Å². The van der Waals surface area contributed by atoms with Gasteiger partial charge in [-0.25, -0.2) is 9.59 Å². The molecule has 0 spiro atoms. The zero-order valence-electron chi connectivity index (χ0n) is 33.4. The Morgan fingerprint density at radius 3 is 2.14 bits per heavy atom. The summed E-state index contributed by atoms with van der Waals surface area (Å²) >= 11 is 0. The van der Waals surface area contributed by atoms with Crippen LogP contribution in [0.3, 0.4) is 0 Å². The normalized spacial score (nSPS) is 24.2. The van der Waals surface area contributed by atoms with Crippen LogP contribution in [0, 0.1) is 37.5 Å². The number of carbonyl (C=O) groups excluding carboxylic acids is 8. The van der Waals surface area contributed by atoms with Crippen molar-refractivity contribution < 1.29 is 58.0 Å². The Kier molecular flexibility index (Phi) is 11.4. The fraction of sp³-hybridized carbons (Fsp3) is 0.500. The number of aliphatic hydroxyl groups is 1. The third-order valence-corrected chi connectivity index (χ3v) is 11.2. The fourth-order valence-corrected chi connectivity index (χ4v) is 8.48. The average molecular weight is 792 g/mol. The molecule has 2 unspecified atom stereocenters. The van der Waals surface area contributed by atoms with Crippen molar-refractivity contribution in [3.8, 4) is 5.75 Å². The number of fused-ring (bicyclic) bond motifs is 3. The summed E-state index contributed by atoms with van der Waals surface area (Å²) < 4.78 is 10.4. The van der Waals surface area contributed by atoms with Gasteiger partial charge in [0.1, 0.15) is 12.3 Å². The molecule has 57 heavy (non-hydrogen) atoms. The van der Waals surface area contributed by atoms with Crippen LogP contribution < -0.4 is 16.0 Å². The van der Waals surface area contributed by atoms with E-state index in [0.29, 0.717) is 27.9 Å². The number of anilines is 2. The van der Waals surface area contributed by atoms with E-state index in [1.165, 1.54) is 25.1 Å². The maximum atomic E-state index is 14.4. The minimum Gasteiger partial charge on any atom is -0.505 e. The predicted molar refractivity (Wildman–Crippen MR) is 203 cm³/mol. The Labute approximate surface area is 329 Å². The number of phenolic OH excluding ortho intramolecular Hbond substituents is 1. The number of esters is 1. The van der Waals surface area contributed by atoms with Gasteiger partial charge in [-0.3, -0.25) is 38.6 Å². The van der Waals surface area contributed by atoms with Gasteiger partial charge in [-0.05, 0) is 90.2 Å². The molecule has 5 rings (SSSR count). The Bertz CT molecular complexity index is 2070. The van der Waals surface area contributed by atoms with Crippen LogP contribution in [0.2, 0.25) is 0 Å². The smallest absolute Gasteiger partial charge is 0.413 e. The van der Waals surface area contributed by atoms with E-state index in [1.807, 2.05) is 0 Å². The molecule has 0 heterocycles. The highest BCUT2D eigenvalue weighted by molar-refractivity contribution is 6.32. The first-order chi connectivity index (χ1) is 26.4. The number of hydrogen-bond acceptors (Lipinski definition) is 14. The second-order valence-electron chi connectivity index (χ2n) is 16.4. The van der Waals surface area contributed by atoms with E-state index in [1.54, 1.807) is 71.8 Å². The van der Waals surface area contributed by atoms with Gasteiger partial charge < -0.3 is 35.6 Å². The van der Waals surface area contributed by atoms with Gasteiger partial charge in [-0.1, -0.05) is 18.2 Å². The Morgan fingerprint density at radius 1 is 0.982 bits per heavy atom. The summed E-state index contributed by atoms with van der Waals surface area (Å²) in [5.74, 6) is -13.7. The predicted octanol–water partition coefficient (Wildman–Crippen LogP) is 1.54. The van der Waals surface area contributed by atoms with Crippen LogP contribution >= 0.6 is 0 Å². The Morgan fingerprint density at radius 2 is 1.60 bits per heavy atom. The number of rotatable bonds is 9. The number of ether oxygens (including phenoxy) is 2. The van der Waals surface area contributed by atoms with E-state index in [-0.39, 0.29) is 24.1 Å². The van der Waals surface area contributed by atoms with E-state index < -0.39 is 107 Å².